The minimum atomic E-state index is 0.885. The van der Waals surface area contributed by atoms with Gasteiger partial charge in [-0.05, 0) is 22.4 Å². The van der Waals surface area contributed by atoms with Crippen molar-refractivity contribution in [2.75, 3.05) is 42.9 Å². The lowest BCUT2D eigenvalue weighted by atomic mass is 10.3. The molecule has 0 bridgehead atoms. The minimum absolute atomic E-state index is 0.885. The van der Waals surface area contributed by atoms with Crippen molar-refractivity contribution in [3.63, 3.8) is 0 Å². The first-order valence-electron chi connectivity index (χ1n) is 6.03. The van der Waals surface area contributed by atoms with Crippen LogP contribution in [-0.4, -0.2) is 42.7 Å². The first-order chi connectivity index (χ1) is 8.33. The van der Waals surface area contributed by atoms with E-state index in [-0.39, 0.29) is 0 Å². The maximum atomic E-state index is 4.37. The third kappa shape index (κ3) is 3.07. The van der Waals surface area contributed by atoms with Crippen LogP contribution in [0.4, 0.5) is 11.6 Å². The third-order valence-corrected chi connectivity index (χ3v) is 3.46. The summed E-state index contributed by atoms with van der Waals surface area (Å²) < 4.78 is 0.968. The molecule has 1 aliphatic rings. The molecule has 0 spiro atoms. The van der Waals surface area contributed by atoms with Gasteiger partial charge in [0, 0.05) is 32.7 Å². The van der Waals surface area contributed by atoms with Crippen LogP contribution in [0.2, 0.25) is 0 Å². The van der Waals surface area contributed by atoms with Gasteiger partial charge in [-0.3, -0.25) is 0 Å². The molecule has 5 nitrogen and oxygen atoms in total. The molecule has 2 N–H and O–H groups in total. The van der Waals surface area contributed by atoms with E-state index < -0.39 is 0 Å². The van der Waals surface area contributed by atoms with Gasteiger partial charge in [-0.25, -0.2) is 9.97 Å². The highest BCUT2D eigenvalue weighted by molar-refractivity contribution is 9.10. The van der Waals surface area contributed by atoms with Gasteiger partial charge in [-0.2, -0.15) is 0 Å². The molecule has 1 aromatic rings. The van der Waals surface area contributed by atoms with Gasteiger partial charge in [0.25, 0.3) is 0 Å². The van der Waals surface area contributed by atoms with Crippen molar-refractivity contribution in [2.24, 2.45) is 0 Å². The second-order valence-electron chi connectivity index (χ2n) is 4.02. The number of nitrogens with zero attached hydrogens (tertiary/aromatic N) is 3. The zero-order chi connectivity index (χ0) is 12.1. The minimum Gasteiger partial charge on any atom is -0.369 e. The Morgan fingerprint density at radius 1 is 1.41 bits per heavy atom. The summed E-state index contributed by atoms with van der Waals surface area (Å²) in [5.41, 5.74) is 0. The molecule has 0 aliphatic carbocycles. The molecule has 0 amide bonds. The Labute approximate surface area is 110 Å². The Kier molecular flexibility index (Phi) is 4.56. The molecule has 0 radical (unpaired) electrons. The number of aromatic nitrogens is 2. The van der Waals surface area contributed by atoms with Crippen LogP contribution in [0, 0.1) is 0 Å². The van der Waals surface area contributed by atoms with E-state index in [0.717, 1.165) is 55.3 Å². The van der Waals surface area contributed by atoms with Crippen molar-refractivity contribution in [1.82, 2.24) is 15.3 Å². The van der Waals surface area contributed by atoms with Gasteiger partial charge in [0.2, 0.25) is 0 Å². The Morgan fingerprint density at radius 3 is 2.88 bits per heavy atom. The molecule has 6 heteroatoms. The highest BCUT2D eigenvalue weighted by Crippen LogP contribution is 2.29. The lowest BCUT2D eigenvalue weighted by Gasteiger charge is -2.29. The van der Waals surface area contributed by atoms with Crippen LogP contribution in [0.3, 0.4) is 0 Å². The Balaban J connectivity index is 2.15. The molecule has 2 heterocycles. The Bertz CT molecular complexity index is 365. The van der Waals surface area contributed by atoms with E-state index in [1.54, 1.807) is 6.33 Å². The zero-order valence-electron chi connectivity index (χ0n) is 10.0. The van der Waals surface area contributed by atoms with Crippen molar-refractivity contribution in [2.45, 2.75) is 13.3 Å². The number of hydrogen-bond acceptors (Lipinski definition) is 5. The van der Waals surface area contributed by atoms with E-state index in [1.807, 2.05) is 0 Å². The molecule has 1 saturated heterocycles. The molecule has 1 aromatic heterocycles. The van der Waals surface area contributed by atoms with Gasteiger partial charge in [0.1, 0.15) is 22.4 Å². The molecule has 17 heavy (non-hydrogen) atoms. The van der Waals surface area contributed by atoms with Gasteiger partial charge < -0.3 is 15.5 Å². The van der Waals surface area contributed by atoms with Gasteiger partial charge in [-0.15, -0.1) is 0 Å². The molecule has 0 unspecified atom stereocenters. The van der Waals surface area contributed by atoms with Crippen LogP contribution in [-0.2, 0) is 0 Å². The van der Waals surface area contributed by atoms with E-state index in [9.17, 15) is 0 Å². The lowest BCUT2D eigenvalue weighted by Crippen LogP contribution is -2.44. The second-order valence-corrected chi connectivity index (χ2v) is 4.82. The monoisotopic (exact) mass is 299 g/mol. The van der Waals surface area contributed by atoms with Crippen molar-refractivity contribution in [1.29, 1.82) is 0 Å². The molecule has 0 atom stereocenters. The average Bonchev–Trinajstić information content (AvgIpc) is 2.39. The molecular weight excluding hydrogens is 282 g/mol. The van der Waals surface area contributed by atoms with Gasteiger partial charge in [0.05, 0.1) is 0 Å². The number of piperazine rings is 1. The summed E-state index contributed by atoms with van der Waals surface area (Å²) in [6.45, 7) is 7.06. The molecular formula is C11H18BrN5. The van der Waals surface area contributed by atoms with E-state index >= 15 is 0 Å². The van der Waals surface area contributed by atoms with Crippen LogP contribution in [0.15, 0.2) is 10.8 Å². The van der Waals surface area contributed by atoms with Crippen molar-refractivity contribution >= 4 is 27.6 Å². The fourth-order valence-corrected chi connectivity index (χ4v) is 2.42. The average molecular weight is 300 g/mol. The van der Waals surface area contributed by atoms with Crippen LogP contribution < -0.4 is 15.5 Å². The second kappa shape index (κ2) is 6.16. The lowest BCUT2D eigenvalue weighted by molar-refractivity contribution is 0.584. The summed E-state index contributed by atoms with van der Waals surface area (Å²) in [5.74, 6) is 1.87. The third-order valence-electron chi connectivity index (χ3n) is 2.73. The topological polar surface area (TPSA) is 53.1 Å². The van der Waals surface area contributed by atoms with Gasteiger partial charge in [0.15, 0.2) is 0 Å². The van der Waals surface area contributed by atoms with Gasteiger partial charge in [-0.1, -0.05) is 6.92 Å². The highest BCUT2D eigenvalue weighted by atomic mass is 79.9. The van der Waals surface area contributed by atoms with Gasteiger partial charge >= 0.3 is 0 Å². The van der Waals surface area contributed by atoms with E-state index in [2.05, 4.69) is 48.4 Å². The fraction of sp³-hybridized carbons (Fsp3) is 0.636. The number of anilines is 2. The zero-order valence-corrected chi connectivity index (χ0v) is 11.6. The molecule has 2 rings (SSSR count). The highest BCUT2D eigenvalue weighted by Gasteiger charge is 2.17. The van der Waals surface area contributed by atoms with Crippen LogP contribution in [0.25, 0.3) is 0 Å². The predicted molar refractivity (Wildman–Crippen MR) is 73.6 cm³/mol. The predicted octanol–water partition coefficient (Wildman–Crippen LogP) is 1.47. The maximum Gasteiger partial charge on any atom is 0.148 e. The number of hydrogen-bond donors (Lipinski definition) is 2. The maximum absolute atomic E-state index is 4.37. The summed E-state index contributed by atoms with van der Waals surface area (Å²) in [4.78, 5) is 10.9. The molecule has 1 fully saturated rings. The molecule has 94 valence electrons. The Hall–Kier alpha value is -0.880. The summed E-state index contributed by atoms with van der Waals surface area (Å²) in [6, 6.07) is 0. The Morgan fingerprint density at radius 2 is 2.18 bits per heavy atom. The SMILES string of the molecule is CCCNc1ncnc(N2CCNCC2)c1Br. The summed E-state index contributed by atoms with van der Waals surface area (Å²) in [5, 5.41) is 6.64. The largest absolute Gasteiger partial charge is 0.369 e. The van der Waals surface area contributed by atoms with Crippen molar-refractivity contribution < 1.29 is 0 Å². The molecule has 0 aromatic carbocycles. The van der Waals surface area contributed by atoms with E-state index in [1.165, 1.54) is 0 Å². The normalized spacial score (nSPS) is 16.0. The van der Waals surface area contributed by atoms with E-state index in [0.29, 0.717) is 0 Å². The quantitative estimate of drug-likeness (QED) is 0.882. The first kappa shape index (κ1) is 12.6. The number of halogens is 1. The molecule has 0 saturated carbocycles. The summed E-state index contributed by atoms with van der Waals surface area (Å²) in [6.07, 6.45) is 2.71. The summed E-state index contributed by atoms with van der Waals surface area (Å²) >= 11 is 3.60. The fourth-order valence-electron chi connectivity index (χ4n) is 1.82. The van der Waals surface area contributed by atoms with Crippen molar-refractivity contribution in [3.8, 4) is 0 Å². The van der Waals surface area contributed by atoms with Crippen LogP contribution in [0.5, 0.6) is 0 Å². The smallest absolute Gasteiger partial charge is 0.148 e. The standard InChI is InChI=1S/C11H18BrN5/c1-2-3-14-10-9(12)11(16-8-15-10)17-6-4-13-5-7-17/h8,13H,2-7H2,1H3,(H,14,15,16). The van der Waals surface area contributed by atoms with Crippen molar-refractivity contribution in [3.05, 3.63) is 10.8 Å². The number of rotatable bonds is 4. The molecule has 1 aliphatic heterocycles. The number of nitrogens with one attached hydrogen (secondary N) is 2. The first-order valence-corrected chi connectivity index (χ1v) is 6.82. The van der Waals surface area contributed by atoms with Crippen LogP contribution in [0.1, 0.15) is 13.3 Å². The van der Waals surface area contributed by atoms with Crippen LogP contribution >= 0.6 is 15.9 Å². The summed E-state index contributed by atoms with van der Waals surface area (Å²) in [7, 11) is 0. The van der Waals surface area contributed by atoms with E-state index in [4.69, 9.17) is 0 Å².